The van der Waals surface area contributed by atoms with Crippen molar-refractivity contribution >= 4 is 25.1 Å². The first-order valence-electron chi connectivity index (χ1n) is 7.75. The number of hydrogen-bond donors (Lipinski definition) is 0. The standard InChI is InChI=1S/C18H20O4/c1-11-12(2)16-8-7-15(11)17(19)21-10-9-13-3-5-14(6-4-13)22-18(16)20/h7-8,13-14H,1-6,9-10H2. The van der Waals surface area contributed by atoms with Crippen LogP contribution < -0.4 is 10.4 Å². The van der Waals surface area contributed by atoms with Crippen LogP contribution in [0, 0.1) is 5.92 Å². The van der Waals surface area contributed by atoms with E-state index in [9.17, 15) is 9.59 Å². The maximum absolute atomic E-state index is 12.3. The normalized spacial score (nSPS) is 25.5. The summed E-state index contributed by atoms with van der Waals surface area (Å²) in [4.78, 5) is 24.5. The Morgan fingerprint density at radius 1 is 0.864 bits per heavy atom. The minimum absolute atomic E-state index is 0.0263. The SMILES string of the molecule is C=c1c2ccc(c1=C)C(=O)OC1CCC(CCOC2=O)CC1. The van der Waals surface area contributed by atoms with E-state index in [2.05, 4.69) is 13.2 Å². The van der Waals surface area contributed by atoms with Gasteiger partial charge in [0.1, 0.15) is 6.10 Å². The fraction of sp³-hybridized carbons (Fsp3) is 0.444. The van der Waals surface area contributed by atoms with Crippen LogP contribution in [0.5, 0.6) is 0 Å². The quantitative estimate of drug-likeness (QED) is 0.685. The van der Waals surface area contributed by atoms with E-state index >= 15 is 0 Å². The lowest BCUT2D eigenvalue weighted by atomic mass is 9.85. The molecule has 4 heteroatoms. The lowest BCUT2D eigenvalue weighted by molar-refractivity contribution is 0.0134. The molecule has 4 nitrogen and oxygen atoms in total. The van der Waals surface area contributed by atoms with Crippen molar-refractivity contribution in [3.63, 3.8) is 0 Å². The van der Waals surface area contributed by atoms with Gasteiger partial charge in [-0.3, -0.25) is 0 Å². The van der Waals surface area contributed by atoms with Gasteiger partial charge >= 0.3 is 11.9 Å². The highest BCUT2D eigenvalue weighted by Gasteiger charge is 2.26. The van der Waals surface area contributed by atoms with Crippen LogP contribution in [0.15, 0.2) is 12.1 Å². The van der Waals surface area contributed by atoms with E-state index < -0.39 is 5.97 Å². The Balaban J connectivity index is 1.99. The van der Waals surface area contributed by atoms with Crippen LogP contribution in [0.25, 0.3) is 13.2 Å². The molecule has 0 N–H and O–H groups in total. The molecule has 4 bridgehead atoms. The highest BCUT2D eigenvalue weighted by atomic mass is 16.5. The molecular formula is C18H20O4. The zero-order chi connectivity index (χ0) is 15.7. The van der Waals surface area contributed by atoms with Gasteiger partial charge in [0.2, 0.25) is 0 Å². The molecule has 0 amide bonds. The van der Waals surface area contributed by atoms with Gasteiger partial charge in [0.15, 0.2) is 0 Å². The van der Waals surface area contributed by atoms with Crippen molar-refractivity contribution in [2.24, 2.45) is 5.92 Å². The van der Waals surface area contributed by atoms with Gasteiger partial charge in [-0.1, -0.05) is 13.2 Å². The van der Waals surface area contributed by atoms with Crippen LogP contribution in [0.1, 0.15) is 52.8 Å². The minimum atomic E-state index is -0.402. The summed E-state index contributed by atoms with van der Waals surface area (Å²) in [7, 11) is 0. The molecule has 0 radical (unpaired) electrons. The summed E-state index contributed by atoms with van der Waals surface area (Å²) < 4.78 is 11.0. The van der Waals surface area contributed by atoms with Crippen LogP contribution in [0.2, 0.25) is 0 Å². The fourth-order valence-corrected chi connectivity index (χ4v) is 3.22. The first kappa shape index (κ1) is 14.8. The second kappa shape index (κ2) is 5.95. The third-order valence-corrected chi connectivity index (χ3v) is 4.70. The van der Waals surface area contributed by atoms with Crippen LogP contribution in [-0.4, -0.2) is 24.6 Å². The maximum Gasteiger partial charge on any atom is 0.339 e. The first-order valence-corrected chi connectivity index (χ1v) is 7.75. The number of carbonyl (C=O) groups is 2. The van der Waals surface area contributed by atoms with Crippen molar-refractivity contribution < 1.29 is 19.1 Å². The lowest BCUT2D eigenvalue weighted by Gasteiger charge is -2.28. The van der Waals surface area contributed by atoms with Crippen molar-refractivity contribution in [2.45, 2.75) is 38.2 Å². The Hall–Kier alpha value is -2.10. The highest BCUT2D eigenvalue weighted by Crippen LogP contribution is 2.29. The van der Waals surface area contributed by atoms with Crippen LogP contribution in [-0.2, 0) is 9.47 Å². The Morgan fingerprint density at radius 2 is 1.45 bits per heavy atom. The zero-order valence-electron chi connectivity index (χ0n) is 12.6. The smallest absolute Gasteiger partial charge is 0.339 e. The van der Waals surface area contributed by atoms with E-state index in [1.54, 1.807) is 12.1 Å². The molecule has 5 aliphatic rings. The van der Waals surface area contributed by atoms with E-state index in [1.165, 1.54) is 0 Å². The summed E-state index contributed by atoms with van der Waals surface area (Å²) in [6.45, 7) is 8.16. The summed E-state index contributed by atoms with van der Waals surface area (Å²) in [5.41, 5.74) is 0.740. The molecule has 1 aromatic rings. The summed E-state index contributed by atoms with van der Waals surface area (Å²) in [5, 5.41) is 0.867. The molecule has 1 aliphatic carbocycles. The third kappa shape index (κ3) is 2.78. The van der Waals surface area contributed by atoms with Crippen LogP contribution in [0.4, 0.5) is 0 Å². The molecule has 0 spiro atoms. The molecule has 4 heterocycles. The summed E-state index contributed by atoms with van der Waals surface area (Å²) >= 11 is 0. The Labute approximate surface area is 129 Å². The Kier molecular flexibility index (Phi) is 4.01. The molecule has 0 saturated heterocycles. The van der Waals surface area contributed by atoms with Gasteiger partial charge in [-0.15, -0.1) is 0 Å². The number of rotatable bonds is 0. The summed E-state index contributed by atoms with van der Waals surface area (Å²) in [6.07, 6.45) is 4.57. The molecule has 1 fully saturated rings. The van der Waals surface area contributed by atoms with Gasteiger partial charge in [0.05, 0.1) is 17.7 Å². The van der Waals surface area contributed by atoms with Crippen molar-refractivity contribution in [1.82, 2.24) is 0 Å². The van der Waals surface area contributed by atoms with E-state index in [0.717, 1.165) is 32.1 Å². The average Bonchev–Trinajstić information content (AvgIpc) is 2.50. The van der Waals surface area contributed by atoms with Crippen molar-refractivity contribution in [3.8, 4) is 0 Å². The summed E-state index contributed by atoms with van der Waals surface area (Å²) in [5.74, 6) is -0.245. The molecular weight excluding hydrogens is 280 g/mol. The Bertz CT molecular complexity index is 699. The predicted octanol–water partition coefficient (Wildman–Crippen LogP) is 1.78. The molecule has 1 saturated carbocycles. The van der Waals surface area contributed by atoms with E-state index in [-0.39, 0.29) is 12.1 Å². The van der Waals surface area contributed by atoms with Crippen molar-refractivity contribution in [2.75, 3.05) is 6.61 Å². The molecule has 0 aromatic heterocycles. The van der Waals surface area contributed by atoms with E-state index in [4.69, 9.17) is 9.47 Å². The lowest BCUT2D eigenvalue weighted by Crippen LogP contribution is -2.36. The topological polar surface area (TPSA) is 52.6 Å². The molecule has 0 atom stereocenters. The molecule has 4 aliphatic heterocycles. The number of esters is 2. The second-order valence-corrected chi connectivity index (χ2v) is 6.09. The second-order valence-electron chi connectivity index (χ2n) is 6.09. The van der Waals surface area contributed by atoms with E-state index in [0.29, 0.717) is 34.1 Å². The molecule has 22 heavy (non-hydrogen) atoms. The number of benzene rings is 1. The molecule has 116 valence electrons. The number of carbonyl (C=O) groups excluding carboxylic acids is 2. The van der Waals surface area contributed by atoms with Gasteiger partial charge in [0.25, 0.3) is 0 Å². The average molecular weight is 300 g/mol. The number of ether oxygens (including phenoxy) is 2. The molecule has 0 unspecified atom stereocenters. The van der Waals surface area contributed by atoms with Crippen molar-refractivity contribution in [3.05, 3.63) is 33.7 Å². The predicted molar refractivity (Wildman–Crippen MR) is 82.8 cm³/mol. The van der Waals surface area contributed by atoms with Gasteiger partial charge < -0.3 is 9.47 Å². The highest BCUT2D eigenvalue weighted by molar-refractivity contribution is 5.93. The largest absolute Gasteiger partial charge is 0.462 e. The minimum Gasteiger partial charge on any atom is -0.462 e. The molecule has 6 rings (SSSR count). The van der Waals surface area contributed by atoms with Gasteiger partial charge in [-0.2, -0.15) is 0 Å². The number of hydrogen-bond acceptors (Lipinski definition) is 4. The van der Waals surface area contributed by atoms with Crippen LogP contribution >= 0.6 is 0 Å². The van der Waals surface area contributed by atoms with Gasteiger partial charge in [-0.05, 0) is 60.6 Å². The van der Waals surface area contributed by atoms with Gasteiger partial charge in [-0.25, -0.2) is 9.59 Å². The third-order valence-electron chi connectivity index (χ3n) is 4.70. The first-order chi connectivity index (χ1) is 10.6. The Morgan fingerprint density at radius 3 is 2.09 bits per heavy atom. The molecule has 1 aromatic carbocycles. The monoisotopic (exact) mass is 300 g/mol. The summed E-state index contributed by atoms with van der Waals surface area (Å²) in [6, 6.07) is 3.15. The maximum atomic E-state index is 12.3. The zero-order valence-corrected chi connectivity index (χ0v) is 12.6. The van der Waals surface area contributed by atoms with Gasteiger partial charge in [0, 0.05) is 0 Å². The fourth-order valence-electron chi connectivity index (χ4n) is 3.22. The van der Waals surface area contributed by atoms with Crippen LogP contribution in [0.3, 0.4) is 0 Å². The van der Waals surface area contributed by atoms with E-state index in [1.807, 2.05) is 0 Å². The van der Waals surface area contributed by atoms with Crippen molar-refractivity contribution in [1.29, 1.82) is 0 Å².